The number of aromatic nitrogens is 2. The lowest BCUT2D eigenvalue weighted by Crippen LogP contribution is -2.36. The molecule has 1 amide bonds. The number of carbonyl (C=O) groups excluding carboxylic acids is 1. The molecule has 0 radical (unpaired) electrons. The molecule has 0 spiro atoms. The molecular formula is C32H27F4N3O4. The minimum absolute atomic E-state index is 0.0443. The third-order valence-electron chi connectivity index (χ3n) is 8.02. The van der Waals surface area contributed by atoms with Gasteiger partial charge in [0, 0.05) is 6.54 Å². The van der Waals surface area contributed by atoms with Gasteiger partial charge in [0.2, 0.25) is 0 Å². The number of fused-ring (bicyclic) bond motifs is 1. The quantitative estimate of drug-likeness (QED) is 0.286. The number of hydrogen-bond acceptors (Lipinski definition) is 5. The molecule has 1 fully saturated rings. The van der Waals surface area contributed by atoms with Crippen LogP contribution in [-0.4, -0.2) is 38.8 Å². The van der Waals surface area contributed by atoms with Crippen molar-refractivity contribution in [1.82, 2.24) is 14.9 Å². The van der Waals surface area contributed by atoms with Crippen LogP contribution < -0.4 is 10.3 Å². The van der Waals surface area contributed by atoms with E-state index in [0.717, 1.165) is 18.4 Å². The Morgan fingerprint density at radius 2 is 1.74 bits per heavy atom. The number of carbonyl (C=O) groups is 1. The summed E-state index contributed by atoms with van der Waals surface area (Å²) in [5.41, 5.74) is 1.90. The highest BCUT2D eigenvalue weighted by Crippen LogP contribution is 2.52. The lowest BCUT2D eigenvalue weighted by molar-refractivity contribution is -0.274. The van der Waals surface area contributed by atoms with E-state index >= 15 is 0 Å². The predicted molar refractivity (Wildman–Crippen MR) is 149 cm³/mol. The summed E-state index contributed by atoms with van der Waals surface area (Å²) in [4.78, 5) is 35.8. The summed E-state index contributed by atoms with van der Waals surface area (Å²) in [6, 6.07) is 18.0. The largest absolute Gasteiger partial charge is 0.573 e. The van der Waals surface area contributed by atoms with Crippen molar-refractivity contribution in [3.63, 3.8) is 0 Å². The van der Waals surface area contributed by atoms with Crippen molar-refractivity contribution in [1.29, 1.82) is 0 Å². The van der Waals surface area contributed by atoms with E-state index in [2.05, 4.69) is 9.72 Å². The van der Waals surface area contributed by atoms with Gasteiger partial charge in [0.25, 0.3) is 11.5 Å². The molecule has 2 N–H and O–H groups in total. The first-order chi connectivity index (χ1) is 20.5. The van der Waals surface area contributed by atoms with Crippen molar-refractivity contribution >= 4 is 5.91 Å². The Balaban J connectivity index is 1.22. The highest BCUT2D eigenvalue weighted by Gasteiger charge is 2.49. The third-order valence-corrected chi connectivity index (χ3v) is 8.02. The van der Waals surface area contributed by atoms with Gasteiger partial charge in [-0.1, -0.05) is 42.5 Å². The third kappa shape index (κ3) is 5.90. The number of halogens is 4. The van der Waals surface area contributed by atoms with Gasteiger partial charge in [0.15, 0.2) is 6.10 Å². The van der Waals surface area contributed by atoms with Crippen LogP contribution in [0, 0.1) is 5.82 Å². The van der Waals surface area contributed by atoms with Crippen molar-refractivity contribution in [2.24, 2.45) is 0 Å². The van der Waals surface area contributed by atoms with E-state index in [1.807, 2.05) is 6.07 Å². The molecule has 1 saturated carbocycles. The highest BCUT2D eigenvalue weighted by molar-refractivity contribution is 5.83. The summed E-state index contributed by atoms with van der Waals surface area (Å²) in [6.45, 7) is 0.240. The summed E-state index contributed by atoms with van der Waals surface area (Å²) in [6.07, 6.45) is -3.97. The lowest BCUT2D eigenvalue weighted by atomic mass is 9.94. The Morgan fingerprint density at radius 1 is 1.02 bits per heavy atom. The fourth-order valence-corrected chi connectivity index (χ4v) is 5.69. The van der Waals surface area contributed by atoms with Crippen LogP contribution in [0.2, 0.25) is 0 Å². The number of H-pyrrole nitrogens is 1. The zero-order valence-electron chi connectivity index (χ0n) is 22.8. The second-order valence-electron chi connectivity index (χ2n) is 10.9. The average Bonchev–Trinajstić information content (AvgIpc) is 3.81. The van der Waals surface area contributed by atoms with Crippen molar-refractivity contribution in [2.75, 3.05) is 6.54 Å². The molecule has 0 saturated heterocycles. The Kier molecular flexibility index (Phi) is 7.29. The monoisotopic (exact) mass is 593 g/mol. The Hall–Kier alpha value is -4.51. The number of rotatable bonds is 6. The predicted octanol–water partition coefficient (Wildman–Crippen LogP) is 5.56. The fraction of sp³-hybridized carbons (Fsp3) is 0.281. The molecule has 0 bridgehead atoms. The maximum absolute atomic E-state index is 13.9. The van der Waals surface area contributed by atoms with Crippen LogP contribution in [0.4, 0.5) is 17.6 Å². The van der Waals surface area contributed by atoms with Gasteiger partial charge in [-0.15, -0.1) is 13.2 Å². The smallest absolute Gasteiger partial charge is 0.406 e. The number of aryl methyl sites for hydroxylation is 1. The molecule has 4 aromatic rings. The molecule has 7 nitrogen and oxygen atoms in total. The van der Waals surface area contributed by atoms with E-state index in [-0.39, 0.29) is 35.8 Å². The van der Waals surface area contributed by atoms with Gasteiger partial charge < -0.3 is 19.7 Å². The number of alkyl halides is 3. The maximum Gasteiger partial charge on any atom is 0.573 e. The van der Waals surface area contributed by atoms with Crippen LogP contribution >= 0.6 is 0 Å². The van der Waals surface area contributed by atoms with Crippen LogP contribution in [0.25, 0.3) is 11.1 Å². The molecule has 1 aliphatic heterocycles. The van der Waals surface area contributed by atoms with Crippen LogP contribution in [-0.2, 0) is 23.2 Å². The van der Waals surface area contributed by atoms with Gasteiger partial charge in [-0.3, -0.25) is 9.59 Å². The van der Waals surface area contributed by atoms with Crippen LogP contribution in [0.3, 0.4) is 0 Å². The van der Waals surface area contributed by atoms with Gasteiger partial charge in [0.05, 0.1) is 23.2 Å². The summed E-state index contributed by atoms with van der Waals surface area (Å²) >= 11 is 0. The Labute approximate surface area is 243 Å². The fourth-order valence-electron chi connectivity index (χ4n) is 5.69. The molecular weight excluding hydrogens is 566 g/mol. The summed E-state index contributed by atoms with van der Waals surface area (Å²) in [5, 5.41) is 11.0. The molecule has 1 unspecified atom stereocenters. The second kappa shape index (κ2) is 11.0. The zero-order chi connectivity index (χ0) is 30.4. The number of aromatic amines is 1. The lowest BCUT2D eigenvalue weighted by Gasteiger charge is -2.24. The van der Waals surface area contributed by atoms with Crippen molar-refractivity contribution in [3.05, 3.63) is 117 Å². The average molecular weight is 594 g/mol. The van der Waals surface area contributed by atoms with Crippen molar-refractivity contribution in [2.45, 2.75) is 50.1 Å². The first kappa shape index (κ1) is 28.6. The van der Waals surface area contributed by atoms with E-state index in [9.17, 15) is 32.3 Å². The zero-order valence-corrected chi connectivity index (χ0v) is 22.8. The molecule has 222 valence electrons. The van der Waals surface area contributed by atoms with E-state index < -0.39 is 23.8 Å². The number of nitrogens with zero attached hydrogens (tertiary/aromatic N) is 2. The number of aliphatic hydroxyl groups is 1. The minimum Gasteiger partial charge on any atom is -0.406 e. The molecule has 1 aromatic heterocycles. The van der Waals surface area contributed by atoms with Gasteiger partial charge >= 0.3 is 6.36 Å². The number of aliphatic hydroxyl groups excluding tert-OH is 1. The summed E-state index contributed by atoms with van der Waals surface area (Å²) in [5.74, 6) is -0.867. The van der Waals surface area contributed by atoms with E-state index in [0.29, 0.717) is 41.1 Å². The number of nitrogens with one attached hydrogen (secondary N) is 1. The van der Waals surface area contributed by atoms with Gasteiger partial charge in [-0.05, 0) is 78.3 Å². The summed E-state index contributed by atoms with van der Waals surface area (Å²) < 4.78 is 56.0. The van der Waals surface area contributed by atoms with Gasteiger partial charge in [-0.25, -0.2) is 9.37 Å². The molecule has 2 heterocycles. The molecule has 1 aliphatic carbocycles. The number of ether oxygens (including phenoxy) is 1. The standard InChI is InChI=1S/C32H27F4N3O4/c33-23-9-3-8-22(17-23)31(12-13-31)30-37-26-11-4-14-39(18-25(26)28(41)38-30)29(42)27(40)21-7-1-5-19(15-21)20-6-2-10-24(16-20)43-32(34,35)36/h1-3,5-10,15-17,27,40H,4,11-14,18H2,(H,37,38,41). The van der Waals surface area contributed by atoms with E-state index in [1.165, 1.54) is 41.3 Å². The Morgan fingerprint density at radius 3 is 2.47 bits per heavy atom. The second-order valence-corrected chi connectivity index (χ2v) is 10.9. The molecule has 6 rings (SSSR count). The number of amides is 1. The van der Waals surface area contributed by atoms with E-state index in [4.69, 9.17) is 4.98 Å². The maximum atomic E-state index is 13.9. The van der Waals surface area contributed by atoms with Crippen LogP contribution in [0.15, 0.2) is 77.6 Å². The Bertz CT molecular complexity index is 1750. The van der Waals surface area contributed by atoms with Crippen molar-refractivity contribution < 1.29 is 32.2 Å². The first-order valence-electron chi connectivity index (χ1n) is 13.8. The minimum atomic E-state index is -4.84. The van der Waals surface area contributed by atoms with Crippen molar-refractivity contribution in [3.8, 4) is 16.9 Å². The van der Waals surface area contributed by atoms with E-state index in [1.54, 1.807) is 30.3 Å². The number of benzene rings is 3. The van der Waals surface area contributed by atoms with Crippen LogP contribution in [0.5, 0.6) is 5.75 Å². The highest BCUT2D eigenvalue weighted by atomic mass is 19.4. The SMILES string of the molecule is O=C(C(O)c1cccc(-c2cccc(OC(F)(F)F)c2)c1)N1CCCc2nc(C3(c4cccc(F)c4)CC3)[nH]c(=O)c2C1. The van der Waals surface area contributed by atoms with Gasteiger partial charge in [-0.2, -0.15) is 0 Å². The number of hydrogen-bond donors (Lipinski definition) is 2. The molecule has 1 atom stereocenters. The topological polar surface area (TPSA) is 95.5 Å². The molecule has 11 heteroatoms. The molecule has 2 aliphatic rings. The van der Waals surface area contributed by atoms with Crippen LogP contribution in [0.1, 0.15) is 53.6 Å². The molecule has 43 heavy (non-hydrogen) atoms. The van der Waals surface area contributed by atoms with Gasteiger partial charge in [0.1, 0.15) is 17.4 Å². The first-order valence-corrected chi connectivity index (χ1v) is 13.8. The normalized spacial score (nSPS) is 16.6. The summed E-state index contributed by atoms with van der Waals surface area (Å²) in [7, 11) is 0. The molecule has 3 aromatic carbocycles.